The SMILES string of the molecule is Cc1ncccc1C(=O)N1C[C@@H](C(F)(F)F)[C@H](C(N)=O)C1. The Morgan fingerprint density at radius 3 is 2.52 bits per heavy atom. The van der Waals surface area contributed by atoms with E-state index < -0.39 is 36.4 Å². The summed E-state index contributed by atoms with van der Waals surface area (Å²) in [6.07, 6.45) is -3.08. The van der Waals surface area contributed by atoms with Crippen molar-refractivity contribution in [3.8, 4) is 0 Å². The molecule has 1 aromatic rings. The van der Waals surface area contributed by atoms with Gasteiger partial charge >= 0.3 is 6.18 Å². The van der Waals surface area contributed by atoms with Gasteiger partial charge in [0.25, 0.3) is 5.91 Å². The van der Waals surface area contributed by atoms with E-state index in [2.05, 4.69) is 4.98 Å². The summed E-state index contributed by atoms with van der Waals surface area (Å²) in [7, 11) is 0. The topological polar surface area (TPSA) is 76.3 Å². The Labute approximate surface area is 118 Å². The predicted molar refractivity (Wildman–Crippen MR) is 67.1 cm³/mol. The highest BCUT2D eigenvalue weighted by Crippen LogP contribution is 2.37. The lowest BCUT2D eigenvalue weighted by Crippen LogP contribution is -2.37. The maximum Gasteiger partial charge on any atom is 0.394 e. The van der Waals surface area contributed by atoms with Crippen LogP contribution in [-0.4, -0.2) is 41.0 Å². The lowest BCUT2D eigenvalue weighted by Gasteiger charge is -2.19. The Bertz CT molecular complexity index is 574. The highest BCUT2D eigenvalue weighted by molar-refractivity contribution is 5.96. The zero-order valence-corrected chi connectivity index (χ0v) is 11.2. The van der Waals surface area contributed by atoms with E-state index in [0.29, 0.717) is 5.69 Å². The van der Waals surface area contributed by atoms with Gasteiger partial charge < -0.3 is 10.6 Å². The lowest BCUT2D eigenvalue weighted by atomic mass is 9.95. The van der Waals surface area contributed by atoms with Gasteiger partial charge in [-0.25, -0.2) is 0 Å². The molecule has 8 heteroatoms. The lowest BCUT2D eigenvalue weighted by molar-refractivity contribution is -0.182. The van der Waals surface area contributed by atoms with Crippen molar-refractivity contribution in [1.29, 1.82) is 0 Å². The second kappa shape index (κ2) is 5.34. The summed E-state index contributed by atoms with van der Waals surface area (Å²) in [4.78, 5) is 28.4. The first-order valence-corrected chi connectivity index (χ1v) is 6.28. The number of nitrogens with two attached hydrogens (primary N) is 1. The fourth-order valence-electron chi connectivity index (χ4n) is 2.47. The van der Waals surface area contributed by atoms with E-state index in [1.165, 1.54) is 18.3 Å². The first-order chi connectivity index (χ1) is 9.71. The van der Waals surface area contributed by atoms with Crippen molar-refractivity contribution in [3.05, 3.63) is 29.6 Å². The minimum atomic E-state index is -4.57. The van der Waals surface area contributed by atoms with Crippen molar-refractivity contribution in [1.82, 2.24) is 9.88 Å². The van der Waals surface area contributed by atoms with Gasteiger partial charge in [-0.2, -0.15) is 13.2 Å². The van der Waals surface area contributed by atoms with Crippen LogP contribution in [0.1, 0.15) is 16.1 Å². The van der Waals surface area contributed by atoms with E-state index in [9.17, 15) is 22.8 Å². The van der Waals surface area contributed by atoms with Crippen molar-refractivity contribution in [2.24, 2.45) is 17.6 Å². The van der Waals surface area contributed by atoms with Crippen molar-refractivity contribution >= 4 is 11.8 Å². The Balaban J connectivity index is 2.25. The van der Waals surface area contributed by atoms with Gasteiger partial charge in [-0.3, -0.25) is 14.6 Å². The zero-order chi connectivity index (χ0) is 15.8. The minimum Gasteiger partial charge on any atom is -0.369 e. The zero-order valence-electron chi connectivity index (χ0n) is 11.2. The van der Waals surface area contributed by atoms with Crippen LogP contribution in [0.3, 0.4) is 0 Å². The van der Waals surface area contributed by atoms with Crippen molar-refractivity contribution in [2.45, 2.75) is 13.1 Å². The number of rotatable bonds is 2. The van der Waals surface area contributed by atoms with E-state index >= 15 is 0 Å². The largest absolute Gasteiger partial charge is 0.394 e. The van der Waals surface area contributed by atoms with Gasteiger partial charge in [-0.1, -0.05) is 0 Å². The average molecular weight is 301 g/mol. The molecule has 1 aliphatic rings. The van der Waals surface area contributed by atoms with Crippen molar-refractivity contribution in [3.63, 3.8) is 0 Å². The predicted octanol–water partition coefficient (Wildman–Crippen LogP) is 1.13. The number of halogens is 3. The quantitative estimate of drug-likeness (QED) is 0.889. The van der Waals surface area contributed by atoms with Crippen LogP contribution in [0.15, 0.2) is 18.3 Å². The molecule has 0 spiro atoms. The summed E-state index contributed by atoms with van der Waals surface area (Å²) in [5, 5.41) is 0. The molecule has 2 heterocycles. The molecule has 0 aromatic carbocycles. The standard InChI is InChI=1S/C13H14F3N3O2/c1-7-8(3-2-4-18-7)12(21)19-5-9(11(17)20)10(6-19)13(14,15)16/h2-4,9-10H,5-6H2,1H3,(H2,17,20)/t9-,10-/m1/s1. The van der Waals surface area contributed by atoms with Gasteiger partial charge in [-0.05, 0) is 19.1 Å². The summed E-state index contributed by atoms with van der Waals surface area (Å²) in [5.74, 6) is -4.95. The number of hydrogen-bond donors (Lipinski definition) is 1. The number of carbonyl (C=O) groups is 2. The van der Waals surface area contributed by atoms with Gasteiger partial charge in [0.05, 0.1) is 17.4 Å². The third kappa shape index (κ3) is 2.98. The van der Waals surface area contributed by atoms with E-state index in [-0.39, 0.29) is 12.1 Å². The van der Waals surface area contributed by atoms with Gasteiger partial charge in [-0.15, -0.1) is 0 Å². The molecule has 21 heavy (non-hydrogen) atoms. The molecule has 2 rings (SSSR count). The van der Waals surface area contributed by atoms with Crippen LogP contribution in [0.25, 0.3) is 0 Å². The molecule has 1 aliphatic heterocycles. The highest BCUT2D eigenvalue weighted by Gasteiger charge is 2.52. The maximum absolute atomic E-state index is 12.9. The third-order valence-electron chi connectivity index (χ3n) is 3.63. The molecule has 114 valence electrons. The molecular formula is C13H14F3N3O2. The number of hydrogen-bond acceptors (Lipinski definition) is 3. The molecule has 2 amide bonds. The highest BCUT2D eigenvalue weighted by atomic mass is 19.4. The number of aromatic nitrogens is 1. The number of carbonyl (C=O) groups excluding carboxylic acids is 2. The first kappa shape index (κ1) is 15.3. The van der Waals surface area contributed by atoms with E-state index in [0.717, 1.165) is 4.90 Å². The Kier molecular flexibility index (Phi) is 3.89. The van der Waals surface area contributed by atoms with Crippen molar-refractivity contribution < 1.29 is 22.8 Å². The fourth-order valence-corrected chi connectivity index (χ4v) is 2.47. The van der Waals surface area contributed by atoms with Crippen LogP contribution in [0.4, 0.5) is 13.2 Å². The normalized spacial score (nSPS) is 22.4. The molecule has 1 fully saturated rings. The minimum absolute atomic E-state index is 0.226. The van der Waals surface area contributed by atoms with Crippen LogP contribution >= 0.6 is 0 Å². The Hall–Kier alpha value is -2.12. The number of amides is 2. The summed E-state index contributed by atoms with van der Waals surface area (Å²) in [6.45, 7) is 0.701. The molecule has 0 saturated carbocycles. The Morgan fingerprint density at radius 2 is 2.05 bits per heavy atom. The second-order valence-corrected chi connectivity index (χ2v) is 5.00. The van der Waals surface area contributed by atoms with Gasteiger partial charge in [0.2, 0.25) is 5.91 Å². The number of aryl methyl sites for hydroxylation is 1. The van der Waals surface area contributed by atoms with Crippen LogP contribution in [0.5, 0.6) is 0 Å². The number of pyridine rings is 1. The van der Waals surface area contributed by atoms with E-state index in [4.69, 9.17) is 5.73 Å². The molecule has 2 N–H and O–H groups in total. The number of primary amides is 1. The third-order valence-corrected chi connectivity index (χ3v) is 3.63. The smallest absolute Gasteiger partial charge is 0.369 e. The molecule has 0 aliphatic carbocycles. The van der Waals surface area contributed by atoms with Crippen molar-refractivity contribution in [2.75, 3.05) is 13.1 Å². The Morgan fingerprint density at radius 1 is 1.38 bits per heavy atom. The van der Waals surface area contributed by atoms with Gasteiger partial charge in [0.1, 0.15) is 0 Å². The molecule has 1 saturated heterocycles. The molecule has 0 unspecified atom stereocenters. The monoisotopic (exact) mass is 301 g/mol. The molecule has 0 radical (unpaired) electrons. The van der Waals surface area contributed by atoms with Crippen LogP contribution in [-0.2, 0) is 4.79 Å². The van der Waals surface area contributed by atoms with Crippen LogP contribution in [0.2, 0.25) is 0 Å². The molecule has 5 nitrogen and oxygen atoms in total. The molecule has 2 atom stereocenters. The number of alkyl halides is 3. The van der Waals surface area contributed by atoms with E-state index in [1.807, 2.05) is 0 Å². The van der Waals surface area contributed by atoms with Gasteiger partial charge in [0, 0.05) is 25.0 Å². The second-order valence-electron chi connectivity index (χ2n) is 5.00. The molecule has 0 bridgehead atoms. The fraction of sp³-hybridized carbons (Fsp3) is 0.462. The summed E-state index contributed by atoms with van der Waals surface area (Å²) >= 11 is 0. The molecular weight excluding hydrogens is 287 g/mol. The summed E-state index contributed by atoms with van der Waals surface area (Å²) in [5.41, 5.74) is 5.68. The van der Waals surface area contributed by atoms with E-state index in [1.54, 1.807) is 6.92 Å². The van der Waals surface area contributed by atoms with Gasteiger partial charge in [0.15, 0.2) is 0 Å². The van der Waals surface area contributed by atoms with Crippen LogP contribution in [0, 0.1) is 18.8 Å². The molecule has 1 aromatic heterocycles. The summed E-state index contributed by atoms with van der Waals surface area (Å²) in [6, 6.07) is 3.02. The maximum atomic E-state index is 12.9. The average Bonchev–Trinajstić information content (AvgIpc) is 2.83. The van der Waals surface area contributed by atoms with Crippen LogP contribution < -0.4 is 5.73 Å². The summed E-state index contributed by atoms with van der Waals surface area (Å²) < 4.78 is 38.8. The number of nitrogens with zero attached hydrogens (tertiary/aromatic N) is 2. The first-order valence-electron chi connectivity index (χ1n) is 6.28. The number of likely N-dealkylation sites (tertiary alicyclic amines) is 1.